The van der Waals surface area contributed by atoms with E-state index in [2.05, 4.69) is 34.9 Å². The van der Waals surface area contributed by atoms with Gasteiger partial charge in [-0.25, -0.2) is 4.79 Å². The van der Waals surface area contributed by atoms with Crippen molar-refractivity contribution in [1.82, 2.24) is 4.57 Å². The first-order chi connectivity index (χ1) is 11.3. The molecular formula is C20H25NO2. The minimum Gasteiger partial charge on any atom is -0.463 e. The Hall–Kier alpha value is -2.03. The van der Waals surface area contributed by atoms with Crippen LogP contribution in [-0.4, -0.2) is 17.1 Å². The summed E-state index contributed by atoms with van der Waals surface area (Å²) in [6.45, 7) is 3.27. The predicted molar refractivity (Wildman–Crippen MR) is 94.2 cm³/mol. The van der Waals surface area contributed by atoms with Crippen LogP contribution in [-0.2, 0) is 16.1 Å². The normalized spacial score (nSPS) is 16.2. The summed E-state index contributed by atoms with van der Waals surface area (Å²) in [7, 11) is 0. The lowest BCUT2D eigenvalue weighted by molar-refractivity contribution is -0.137. The van der Waals surface area contributed by atoms with Crippen LogP contribution in [0.5, 0.6) is 0 Å². The third-order valence-electron chi connectivity index (χ3n) is 4.68. The monoisotopic (exact) mass is 311 g/mol. The Bertz CT molecular complexity index is 693. The molecule has 3 heteroatoms. The third-order valence-corrected chi connectivity index (χ3v) is 4.68. The summed E-state index contributed by atoms with van der Waals surface area (Å²) in [5.74, 6) is 0.469. The van der Waals surface area contributed by atoms with Crippen LogP contribution in [0.1, 0.15) is 44.7 Å². The number of carbonyl (C=O) groups excluding carboxylic acids is 1. The zero-order valence-corrected chi connectivity index (χ0v) is 13.8. The van der Waals surface area contributed by atoms with Gasteiger partial charge in [0.2, 0.25) is 0 Å². The van der Waals surface area contributed by atoms with Crippen LogP contribution in [0, 0.1) is 5.92 Å². The molecule has 1 aliphatic carbocycles. The second-order valence-electron chi connectivity index (χ2n) is 6.33. The second-order valence-corrected chi connectivity index (χ2v) is 6.33. The van der Waals surface area contributed by atoms with Gasteiger partial charge in [-0.05, 0) is 43.9 Å². The second kappa shape index (κ2) is 7.49. The average Bonchev–Trinajstić information content (AvgIpc) is 2.92. The average molecular weight is 311 g/mol. The van der Waals surface area contributed by atoms with Gasteiger partial charge < -0.3 is 9.30 Å². The molecule has 1 aliphatic rings. The lowest BCUT2D eigenvalue weighted by atomic mass is 9.89. The molecule has 23 heavy (non-hydrogen) atoms. The molecule has 1 aromatic carbocycles. The van der Waals surface area contributed by atoms with Crippen molar-refractivity contribution in [2.45, 2.75) is 45.6 Å². The van der Waals surface area contributed by atoms with Gasteiger partial charge >= 0.3 is 5.97 Å². The molecule has 1 fully saturated rings. The van der Waals surface area contributed by atoms with E-state index in [-0.39, 0.29) is 5.97 Å². The maximum atomic E-state index is 11.6. The van der Waals surface area contributed by atoms with Gasteiger partial charge in [-0.1, -0.05) is 37.5 Å². The van der Waals surface area contributed by atoms with Crippen LogP contribution in [0.2, 0.25) is 0 Å². The molecule has 0 amide bonds. The largest absolute Gasteiger partial charge is 0.463 e. The van der Waals surface area contributed by atoms with Crippen LogP contribution < -0.4 is 0 Å². The molecule has 1 aromatic heterocycles. The summed E-state index contributed by atoms with van der Waals surface area (Å²) in [6.07, 6.45) is 10.1. The topological polar surface area (TPSA) is 31.2 Å². The maximum absolute atomic E-state index is 11.6. The molecule has 1 heterocycles. The molecule has 0 spiro atoms. The minimum absolute atomic E-state index is 0.276. The standard InChI is InChI=1S/C20H25NO2/c1-2-23-20(22)13-12-18-14-17-10-6-7-11-19(17)21(18)15-16-8-4-3-5-9-16/h6-7,10-14,16H,2-5,8-9,15H2,1H3/b13-12+. The van der Waals surface area contributed by atoms with Crippen molar-refractivity contribution >= 4 is 22.9 Å². The highest BCUT2D eigenvalue weighted by Gasteiger charge is 2.16. The summed E-state index contributed by atoms with van der Waals surface area (Å²) in [5, 5.41) is 1.23. The van der Waals surface area contributed by atoms with E-state index in [1.54, 1.807) is 0 Å². The number of carbonyl (C=O) groups is 1. The van der Waals surface area contributed by atoms with E-state index in [0.29, 0.717) is 6.61 Å². The van der Waals surface area contributed by atoms with Crippen LogP contribution in [0.25, 0.3) is 17.0 Å². The summed E-state index contributed by atoms with van der Waals surface area (Å²) >= 11 is 0. The molecule has 0 aliphatic heterocycles. The summed E-state index contributed by atoms with van der Waals surface area (Å²) in [4.78, 5) is 11.6. The molecule has 2 aromatic rings. The molecule has 0 unspecified atom stereocenters. The highest BCUT2D eigenvalue weighted by molar-refractivity contribution is 5.89. The smallest absolute Gasteiger partial charge is 0.330 e. The van der Waals surface area contributed by atoms with Crippen molar-refractivity contribution in [2.75, 3.05) is 6.61 Å². The number of fused-ring (bicyclic) bond motifs is 1. The fourth-order valence-electron chi connectivity index (χ4n) is 3.55. The summed E-state index contributed by atoms with van der Waals surface area (Å²) < 4.78 is 7.35. The Morgan fingerprint density at radius 1 is 1.26 bits per heavy atom. The molecule has 3 nitrogen and oxygen atoms in total. The van der Waals surface area contributed by atoms with E-state index >= 15 is 0 Å². The Morgan fingerprint density at radius 2 is 2.04 bits per heavy atom. The van der Waals surface area contributed by atoms with Gasteiger partial charge in [0.1, 0.15) is 0 Å². The Morgan fingerprint density at radius 3 is 2.83 bits per heavy atom. The SMILES string of the molecule is CCOC(=O)/C=C/c1cc2ccccc2n1CC1CCCCC1. The number of nitrogens with zero attached hydrogens (tertiary/aromatic N) is 1. The maximum Gasteiger partial charge on any atom is 0.330 e. The Balaban J connectivity index is 1.89. The molecule has 0 saturated heterocycles. The van der Waals surface area contributed by atoms with Crippen LogP contribution in [0.3, 0.4) is 0 Å². The third kappa shape index (κ3) is 3.84. The molecule has 0 atom stereocenters. The van der Waals surface area contributed by atoms with Crippen molar-refractivity contribution in [3.63, 3.8) is 0 Å². The van der Waals surface area contributed by atoms with Gasteiger partial charge in [0.25, 0.3) is 0 Å². The van der Waals surface area contributed by atoms with Gasteiger partial charge in [-0.15, -0.1) is 0 Å². The lowest BCUT2D eigenvalue weighted by Crippen LogP contribution is -2.14. The van der Waals surface area contributed by atoms with Gasteiger partial charge in [-0.3, -0.25) is 0 Å². The first-order valence-corrected chi connectivity index (χ1v) is 8.71. The first-order valence-electron chi connectivity index (χ1n) is 8.71. The van der Waals surface area contributed by atoms with E-state index < -0.39 is 0 Å². The quantitative estimate of drug-likeness (QED) is 0.587. The number of rotatable bonds is 5. The fourth-order valence-corrected chi connectivity index (χ4v) is 3.55. The van der Waals surface area contributed by atoms with E-state index in [1.807, 2.05) is 13.0 Å². The molecule has 0 radical (unpaired) electrons. The molecule has 1 saturated carbocycles. The van der Waals surface area contributed by atoms with E-state index in [0.717, 1.165) is 18.2 Å². The van der Waals surface area contributed by atoms with Crippen molar-refractivity contribution in [2.24, 2.45) is 5.92 Å². The highest BCUT2D eigenvalue weighted by atomic mass is 16.5. The van der Waals surface area contributed by atoms with Gasteiger partial charge in [0.05, 0.1) is 6.61 Å². The van der Waals surface area contributed by atoms with E-state index in [4.69, 9.17) is 4.74 Å². The number of aromatic nitrogens is 1. The number of hydrogen-bond acceptors (Lipinski definition) is 2. The summed E-state index contributed by atoms with van der Waals surface area (Å²) in [5.41, 5.74) is 2.34. The van der Waals surface area contributed by atoms with E-state index in [1.165, 1.54) is 49.1 Å². The molecule has 3 rings (SSSR count). The number of hydrogen-bond donors (Lipinski definition) is 0. The minimum atomic E-state index is -0.276. The zero-order valence-electron chi connectivity index (χ0n) is 13.8. The summed E-state index contributed by atoms with van der Waals surface area (Å²) in [6, 6.07) is 10.6. The fraction of sp³-hybridized carbons (Fsp3) is 0.450. The highest BCUT2D eigenvalue weighted by Crippen LogP contribution is 2.28. The Kier molecular flexibility index (Phi) is 5.16. The van der Waals surface area contributed by atoms with Gasteiger partial charge in [-0.2, -0.15) is 0 Å². The number of esters is 1. The van der Waals surface area contributed by atoms with Crippen LogP contribution in [0.4, 0.5) is 0 Å². The number of benzene rings is 1. The number of para-hydroxylation sites is 1. The zero-order chi connectivity index (χ0) is 16.1. The lowest BCUT2D eigenvalue weighted by Gasteiger charge is -2.23. The van der Waals surface area contributed by atoms with Gasteiger partial charge in [0.15, 0.2) is 0 Å². The van der Waals surface area contributed by atoms with Crippen molar-refractivity contribution < 1.29 is 9.53 Å². The molecule has 0 N–H and O–H groups in total. The van der Waals surface area contributed by atoms with Crippen molar-refractivity contribution in [3.05, 3.63) is 42.1 Å². The van der Waals surface area contributed by atoms with Crippen molar-refractivity contribution in [3.8, 4) is 0 Å². The van der Waals surface area contributed by atoms with E-state index in [9.17, 15) is 4.79 Å². The number of ether oxygens (including phenoxy) is 1. The van der Waals surface area contributed by atoms with Gasteiger partial charge in [0, 0.05) is 29.2 Å². The van der Waals surface area contributed by atoms with Crippen LogP contribution in [0.15, 0.2) is 36.4 Å². The van der Waals surface area contributed by atoms with Crippen molar-refractivity contribution in [1.29, 1.82) is 0 Å². The first kappa shape index (κ1) is 15.9. The molecule has 122 valence electrons. The molecular weight excluding hydrogens is 286 g/mol. The Labute approximate surface area is 137 Å². The van der Waals surface area contributed by atoms with Crippen LogP contribution >= 0.6 is 0 Å². The predicted octanol–water partition coefficient (Wildman–Crippen LogP) is 4.80. The molecule has 0 bridgehead atoms.